The summed E-state index contributed by atoms with van der Waals surface area (Å²) in [5.41, 5.74) is 2.49. The summed E-state index contributed by atoms with van der Waals surface area (Å²) in [5.74, 6) is -1.18. The molecule has 1 saturated heterocycles. The van der Waals surface area contributed by atoms with E-state index in [0.29, 0.717) is 16.6 Å². The van der Waals surface area contributed by atoms with Crippen molar-refractivity contribution in [3.05, 3.63) is 59.7 Å². The predicted molar refractivity (Wildman–Crippen MR) is 119 cm³/mol. The molecule has 31 heavy (non-hydrogen) atoms. The fourth-order valence-corrected chi connectivity index (χ4v) is 3.47. The first-order chi connectivity index (χ1) is 14.9. The Balaban J connectivity index is 1.50. The number of aryl methyl sites for hydroxylation is 1. The number of hydrogen-bond donors (Lipinski definition) is 3. The van der Waals surface area contributed by atoms with Crippen LogP contribution in [0.1, 0.15) is 17.5 Å². The normalized spacial score (nSPS) is 17.0. The number of nitrogens with zero attached hydrogens (tertiary/aromatic N) is 2. The molecule has 0 unspecified atom stereocenters. The van der Waals surface area contributed by atoms with Gasteiger partial charge in [-0.3, -0.25) is 9.59 Å². The van der Waals surface area contributed by atoms with Gasteiger partial charge < -0.3 is 20.5 Å². The van der Waals surface area contributed by atoms with Gasteiger partial charge in [0, 0.05) is 12.1 Å². The standard InChI is InChI=1S/C21H20N4O5S/c1-13-2-6-15(7-3-13)23-18(26)10-17-20(29)24-21(31-17)25-22-11-14-4-8-16(9-5-14)30-12-19(27)28/h2-9,11,17H,10,12H2,1H3,(H,23,26)(H,27,28)(H,24,25,29)/b22-11-/t17-/m1/s1. The minimum absolute atomic E-state index is 0.0188. The maximum Gasteiger partial charge on any atom is 0.341 e. The van der Waals surface area contributed by atoms with Crippen molar-refractivity contribution in [2.45, 2.75) is 18.6 Å². The van der Waals surface area contributed by atoms with E-state index in [2.05, 4.69) is 20.8 Å². The summed E-state index contributed by atoms with van der Waals surface area (Å²) in [6, 6.07) is 14.0. The van der Waals surface area contributed by atoms with E-state index in [9.17, 15) is 14.4 Å². The SMILES string of the molecule is Cc1ccc(NC(=O)C[C@H]2S/C(=N\N=C/c3ccc(OCC(=O)O)cc3)NC2=O)cc1. The lowest BCUT2D eigenvalue weighted by Gasteiger charge is -2.07. The highest BCUT2D eigenvalue weighted by Crippen LogP contribution is 2.23. The molecule has 0 bridgehead atoms. The third kappa shape index (κ3) is 6.96. The smallest absolute Gasteiger partial charge is 0.341 e. The molecule has 2 aromatic carbocycles. The highest BCUT2D eigenvalue weighted by atomic mass is 32.2. The predicted octanol–water partition coefficient (Wildman–Crippen LogP) is 2.41. The molecule has 0 spiro atoms. The van der Waals surface area contributed by atoms with Gasteiger partial charge in [-0.15, -0.1) is 5.10 Å². The Kier molecular flexibility index (Phi) is 7.39. The quantitative estimate of drug-likeness (QED) is 0.427. The molecule has 10 heteroatoms. The summed E-state index contributed by atoms with van der Waals surface area (Å²) in [4.78, 5) is 34.8. The third-order valence-corrected chi connectivity index (χ3v) is 5.15. The second-order valence-electron chi connectivity index (χ2n) is 6.62. The van der Waals surface area contributed by atoms with Crippen molar-refractivity contribution in [1.29, 1.82) is 0 Å². The maximum absolute atomic E-state index is 12.2. The first kappa shape index (κ1) is 22.0. The number of benzene rings is 2. The third-order valence-electron chi connectivity index (χ3n) is 4.08. The number of anilines is 1. The van der Waals surface area contributed by atoms with Crippen molar-refractivity contribution >= 4 is 46.6 Å². The van der Waals surface area contributed by atoms with E-state index in [1.165, 1.54) is 6.21 Å². The van der Waals surface area contributed by atoms with E-state index >= 15 is 0 Å². The van der Waals surface area contributed by atoms with E-state index in [0.717, 1.165) is 22.9 Å². The molecular formula is C21H20N4O5S. The number of carbonyl (C=O) groups excluding carboxylic acids is 2. The zero-order valence-electron chi connectivity index (χ0n) is 16.6. The Bertz CT molecular complexity index is 1020. The molecule has 0 radical (unpaired) electrons. The fraction of sp³-hybridized carbons (Fsp3) is 0.190. The molecule has 3 N–H and O–H groups in total. The molecule has 3 rings (SSSR count). The number of carboxylic acid groups (broad SMARTS) is 1. The van der Waals surface area contributed by atoms with Crippen molar-refractivity contribution < 1.29 is 24.2 Å². The number of rotatable bonds is 8. The first-order valence-electron chi connectivity index (χ1n) is 9.29. The molecule has 160 valence electrons. The second kappa shape index (κ2) is 10.4. The van der Waals surface area contributed by atoms with Crippen LogP contribution in [0.2, 0.25) is 0 Å². The van der Waals surface area contributed by atoms with Gasteiger partial charge >= 0.3 is 5.97 Å². The monoisotopic (exact) mass is 440 g/mol. The van der Waals surface area contributed by atoms with Crippen LogP contribution in [0.3, 0.4) is 0 Å². The molecule has 2 aromatic rings. The van der Waals surface area contributed by atoms with E-state index < -0.39 is 17.8 Å². The number of carbonyl (C=O) groups is 3. The summed E-state index contributed by atoms with van der Waals surface area (Å²) >= 11 is 1.15. The first-order valence-corrected chi connectivity index (χ1v) is 10.2. The number of amides is 2. The van der Waals surface area contributed by atoms with Crippen LogP contribution in [0.15, 0.2) is 58.7 Å². The number of hydrogen-bond acceptors (Lipinski definition) is 7. The topological polar surface area (TPSA) is 129 Å². The lowest BCUT2D eigenvalue weighted by molar-refractivity contribution is -0.139. The molecule has 1 aliphatic rings. The second-order valence-corrected chi connectivity index (χ2v) is 7.81. The van der Waals surface area contributed by atoms with Crippen LogP contribution in [0.5, 0.6) is 5.75 Å². The Morgan fingerprint density at radius 1 is 1.19 bits per heavy atom. The van der Waals surface area contributed by atoms with Gasteiger partial charge in [0.2, 0.25) is 11.8 Å². The lowest BCUT2D eigenvalue weighted by atomic mass is 10.2. The Morgan fingerprint density at radius 3 is 2.58 bits per heavy atom. The summed E-state index contributed by atoms with van der Waals surface area (Å²) in [7, 11) is 0. The van der Waals surface area contributed by atoms with E-state index in [1.807, 2.05) is 31.2 Å². The average Bonchev–Trinajstić information content (AvgIpc) is 3.08. The number of amidine groups is 1. The summed E-state index contributed by atoms with van der Waals surface area (Å²) in [6.45, 7) is 1.54. The van der Waals surface area contributed by atoms with Gasteiger partial charge in [-0.25, -0.2) is 4.79 Å². The van der Waals surface area contributed by atoms with Crippen molar-refractivity contribution in [2.24, 2.45) is 10.2 Å². The average molecular weight is 440 g/mol. The molecule has 0 aromatic heterocycles. The van der Waals surface area contributed by atoms with Crippen LogP contribution < -0.4 is 15.4 Å². The van der Waals surface area contributed by atoms with Crippen molar-refractivity contribution in [2.75, 3.05) is 11.9 Å². The molecule has 2 amide bonds. The van der Waals surface area contributed by atoms with Crippen molar-refractivity contribution in [3.8, 4) is 5.75 Å². The summed E-state index contributed by atoms with van der Waals surface area (Å²) in [6.07, 6.45) is 1.50. The summed E-state index contributed by atoms with van der Waals surface area (Å²) < 4.78 is 5.05. The largest absolute Gasteiger partial charge is 0.482 e. The molecule has 1 heterocycles. The number of nitrogens with one attached hydrogen (secondary N) is 2. The zero-order chi connectivity index (χ0) is 22.2. The van der Waals surface area contributed by atoms with Gasteiger partial charge in [0.15, 0.2) is 11.8 Å². The number of aliphatic carboxylic acids is 1. The van der Waals surface area contributed by atoms with Crippen molar-refractivity contribution in [1.82, 2.24) is 5.32 Å². The molecule has 9 nitrogen and oxygen atoms in total. The van der Waals surface area contributed by atoms with Gasteiger partial charge in [-0.2, -0.15) is 5.10 Å². The van der Waals surface area contributed by atoms with E-state index in [1.54, 1.807) is 24.3 Å². The molecule has 1 fully saturated rings. The number of ether oxygens (including phenoxy) is 1. The Morgan fingerprint density at radius 2 is 1.90 bits per heavy atom. The van der Waals surface area contributed by atoms with Gasteiger partial charge in [-0.05, 0) is 48.9 Å². The van der Waals surface area contributed by atoms with E-state index in [4.69, 9.17) is 9.84 Å². The summed E-state index contributed by atoms with van der Waals surface area (Å²) in [5, 5.41) is 21.6. The van der Waals surface area contributed by atoms with Gasteiger partial charge in [-0.1, -0.05) is 29.5 Å². The Labute approximate surface area is 182 Å². The van der Waals surface area contributed by atoms with Gasteiger partial charge in [0.1, 0.15) is 11.0 Å². The minimum Gasteiger partial charge on any atom is -0.482 e. The fourth-order valence-electron chi connectivity index (χ4n) is 2.55. The van der Waals surface area contributed by atoms with Gasteiger partial charge in [0.05, 0.1) is 6.21 Å². The van der Waals surface area contributed by atoms with Crippen LogP contribution in [0.4, 0.5) is 5.69 Å². The van der Waals surface area contributed by atoms with Crippen LogP contribution >= 0.6 is 11.8 Å². The molecule has 1 atom stereocenters. The minimum atomic E-state index is -1.05. The highest BCUT2D eigenvalue weighted by Gasteiger charge is 2.32. The molecular weight excluding hydrogens is 420 g/mol. The van der Waals surface area contributed by atoms with E-state index in [-0.39, 0.29) is 18.2 Å². The van der Waals surface area contributed by atoms with Crippen molar-refractivity contribution in [3.63, 3.8) is 0 Å². The van der Waals surface area contributed by atoms with Crippen LogP contribution in [-0.4, -0.2) is 46.1 Å². The van der Waals surface area contributed by atoms with Crippen LogP contribution in [0, 0.1) is 6.92 Å². The molecule has 0 aliphatic carbocycles. The number of carboxylic acids is 1. The molecule has 0 saturated carbocycles. The van der Waals surface area contributed by atoms with Crippen LogP contribution in [-0.2, 0) is 14.4 Å². The highest BCUT2D eigenvalue weighted by molar-refractivity contribution is 8.15. The number of thioether (sulfide) groups is 1. The van der Waals surface area contributed by atoms with Crippen LogP contribution in [0.25, 0.3) is 0 Å². The zero-order valence-corrected chi connectivity index (χ0v) is 17.4. The van der Waals surface area contributed by atoms with Gasteiger partial charge in [0.25, 0.3) is 0 Å². The molecule has 1 aliphatic heterocycles. The Hall–Kier alpha value is -3.66. The maximum atomic E-state index is 12.2. The lowest BCUT2D eigenvalue weighted by Crippen LogP contribution is -2.28.